The van der Waals surface area contributed by atoms with Crippen molar-refractivity contribution in [2.75, 3.05) is 23.9 Å². The standard InChI is InChI=1S/C21H22N2O4/c1-4-27-20(25)21(2)14-18(22-15-10-12-17(26-3)13-11-15)19(24)23(21)16-8-6-5-7-9-16/h5-14,22H,4H2,1-3H3/t21-/m1/s1. The van der Waals surface area contributed by atoms with Crippen LogP contribution in [0.5, 0.6) is 5.75 Å². The van der Waals surface area contributed by atoms with Gasteiger partial charge >= 0.3 is 5.97 Å². The van der Waals surface area contributed by atoms with Crippen LogP contribution in [0.3, 0.4) is 0 Å². The smallest absolute Gasteiger partial charge is 0.336 e. The average Bonchev–Trinajstić information content (AvgIpc) is 2.94. The maximum absolute atomic E-state index is 13.1. The van der Waals surface area contributed by atoms with Gasteiger partial charge in [0.25, 0.3) is 5.91 Å². The number of hydrogen-bond donors (Lipinski definition) is 1. The molecule has 0 fully saturated rings. The van der Waals surface area contributed by atoms with Crippen molar-refractivity contribution in [3.63, 3.8) is 0 Å². The molecule has 140 valence electrons. The first-order chi connectivity index (χ1) is 13.0. The number of para-hydroxylation sites is 1. The number of amides is 1. The zero-order valence-electron chi connectivity index (χ0n) is 15.6. The molecule has 0 aliphatic carbocycles. The van der Waals surface area contributed by atoms with E-state index >= 15 is 0 Å². The minimum absolute atomic E-state index is 0.236. The quantitative estimate of drug-likeness (QED) is 0.794. The van der Waals surface area contributed by atoms with E-state index in [0.717, 1.165) is 11.4 Å². The van der Waals surface area contributed by atoms with E-state index in [1.165, 1.54) is 4.90 Å². The van der Waals surface area contributed by atoms with Gasteiger partial charge in [0, 0.05) is 11.4 Å². The Balaban J connectivity index is 1.96. The summed E-state index contributed by atoms with van der Waals surface area (Å²) in [5.74, 6) is -0.0594. The largest absolute Gasteiger partial charge is 0.497 e. The summed E-state index contributed by atoms with van der Waals surface area (Å²) in [6.07, 6.45) is 1.62. The summed E-state index contributed by atoms with van der Waals surface area (Å²) in [5, 5.41) is 3.10. The highest BCUT2D eigenvalue weighted by Crippen LogP contribution is 2.35. The Morgan fingerprint density at radius 2 is 1.78 bits per heavy atom. The maximum atomic E-state index is 13.1. The van der Waals surface area contributed by atoms with E-state index in [2.05, 4.69) is 5.32 Å². The lowest BCUT2D eigenvalue weighted by Gasteiger charge is -2.32. The van der Waals surface area contributed by atoms with Gasteiger partial charge < -0.3 is 14.8 Å². The van der Waals surface area contributed by atoms with E-state index in [4.69, 9.17) is 9.47 Å². The zero-order chi connectivity index (χ0) is 19.4. The molecule has 1 aliphatic rings. The molecular formula is C21H22N2O4. The summed E-state index contributed by atoms with van der Waals surface area (Å²) in [6, 6.07) is 16.3. The number of benzene rings is 2. The van der Waals surface area contributed by atoms with Gasteiger partial charge in [-0.3, -0.25) is 9.69 Å². The third-order valence-corrected chi connectivity index (χ3v) is 4.40. The highest BCUT2D eigenvalue weighted by Gasteiger charge is 2.49. The highest BCUT2D eigenvalue weighted by atomic mass is 16.5. The molecule has 1 heterocycles. The van der Waals surface area contributed by atoms with Crippen molar-refractivity contribution in [1.82, 2.24) is 0 Å². The fourth-order valence-corrected chi connectivity index (χ4v) is 3.05. The van der Waals surface area contributed by atoms with Crippen LogP contribution in [0.15, 0.2) is 66.4 Å². The van der Waals surface area contributed by atoms with E-state index < -0.39 is 11.5 Å². The molecule has 1 N–H and O–H groups in total. The van der Waals surface area contributed by atoms with Crippen molar-refractivity contribution in [3.05, 3.63) is 66.4 Å². The number of methoxy groups -OCH3 is 1. The molecule has 0 saturated carbocycles. The van der Waals surface area contributed by atoms with E-state index in [0.29, 0.717) is 11.4 Å². The number of anilines is 2. The second kappa shape index (κ2) is 7.53. The van der Waals surface area contributed by atoms with Crippen molar-refractivity contribution >= 4 is 23.3 Å². The Bertz CT molecular complexity index is 862. The molecule has 2 aromatic rings. The van der Waals surface area contributed by atoms with Crippen LogP contribution in [0, 0.1) is 0 Å². The van der Waals surface area contributed by atoms with Crippen LogP contribution in [0.25, 0.3) is 0 Å². The Labute approximate surface area is 158 Å². The first-order valence-electron chi connectivity index (χ1n) is 8.70. The van der Waals surface area contributed by atoms with Crippen molar-refractivity contribution in [2.24, 2.45) is 0 Å². The number of nitrogens with zero attached hydrogens (tertiary/aromatic N) is 1. The second-order valence-electron chi connectivity index (χ2n) is 6.26. The molecule has 0 radical (unpaired) electrons. The number of carbonyl (C=O) groups excluding carboxylic acids is 2. The third kappa shape index (κ3) is 3.51. The first-order valence-corrected chi connectivity index (χ1v) is 8.70. The number of nitrogens with one attached hydrogen (secondary N) is 1. The molecule has 27 heavy (non-hydrogen) atoms. The lowest BCUT2D eigenvalue weighted by Crippen LogP contribution is -2.51. The molecule has 2 aromatic carbocycles. The van der Waals surface area contributed by atoms with Gasteiger partial charge in [-0.05, 0) is 56.3 Å². The van der Waals surface area contributed by atoms with Gasteiger partial charge in [-0.25, -0.2) is 4.79 Å². The predicted molar refractivity (Wildman–Crippen MR) is 104 cm³/mol. The van der Waals surface area contributed by atoms with E-state index in [9.17, 15) is 9.59 Å². The van der Waals surface area contributed by atoms with Crippen molar-refractivity contribution in [1.29, 1.82) is 0 Å². The molecule has 0 unspecified atom stereocenters. The number of hydrogen-bond acceptors (Lipinski definition) is 5. The van der Waals surface area contributed by atoms with Crippen LogP contribution in [-0.4, -0.2) is 31.1 Å². The van der Waals surface area contributed by atoms with Gasteiger partial charge in [0.2, 0.25) is 0 Å². The van der Waals surface area contributed by atoms with Crippen molar-refractivity contribution in [3.8, 4) is 5.75 Å². The fraction of sp³-hybridized carbons (Fsp3) is 0.238. The Morgan fingerprint density at radius 1 is 1.11 bits per heavy atom. The van der Waals surface area contributed by atoms with Gasteiger partial charge in [-0.2, -0.15) is 0 Å². The first kappa shape index (κ1) is 18.5. The molecular weight excluding hydrogens is 344 g/mol. The zero-order valence-corrected chi connectivity index (χ0v) is 15.6. The van der Waals surface area contributed by atoms with Crippen LogP contribution in [0.4, 0.5) is 11.4 Å². The number of carbonyl (C=O) groups is 2. The molecule has 0 spiro atoms. The number of rotatable bonds is 6. The fourth-order valence-electron chi connectivity index (χ4n) is 3.05. The minimum Gasteiger partial charge on any atom is -0.497 e. The summed E-state index contributed by atoms with van der Waals surface area (Å²) < 4.78 is 10.4. The van der Waals surface area contributed by atoms with Gasteiger partial charge in [0.1, 0.15) is 11.4 Å². The Hall–Kier alpha value is -3.28. The van der Waals surface area contributed by atoms with E-state index in [1.807, 2.05) is 18.2 Å². The second-order valence-corrected chi connectivity index (χ2v) is 6.26. The highest BCUT2D eigenvalue weighted by molar-refractivity contribution is 6.16. The van der Waals surface area contributed by atoms with Crippen LogP contribution in [-0.2, 0) is 14.3 Å². The monoisotopic (exact) mass is 366 g/mol. The van der Waals surface area contributed by atoms with Crippen molar-refractivity contribution in [2.45, 2.75) is 19.4 Å². The van der Waals surface area contributed by atoms with Gasteiger partial charge in [-0.1, -0.05) is 18.2 Å². The molecule has 0 bridgehead atoms. The Kier molecular flexibility index (Phi) is 5.16. The molecule has 0 aromatic heterocycles. The molecule has 0 saturated heterocycles. The van der Waals surface area contributed by atoms with Crippen LogP contribution < -0.4 is 15.0 Å². The molecule has 1 atom stereocenters. The molecule has 6 heteroatoms. The summed E-state index contributed by atoms with van der Waals surface area (Å²) in [5.41, 5.74) is 0.431. The van der Waals surface area contributed by atoms with Gasteiger partial charge in [-0.15, -0.1) is 0 Å². The van der Waals surface area contributed by atoms with E-state index in [-0.39, 0.29) is 12.5 Å². The number of ether oxygens (including phenoxy) is 2. The summed E-state index contributed by atoms with van der Waals surface area (Å²) in [6.45, 7) is 3.66. The molecule has 3 rings (SSSR count). The molecule has 1 aliphatic heterocycles. The third-order valence-electron chi connectivity index (χ3n) is 4.40. The van der Waals surface area contributed by atoms with Crippen LogP contribution in [0.1, 0.15) is 13.8 Å². The van der Waals surface area contributed by atoms with Crippen molar-refractivity contribution < 1.29 is 19.1 Å². The maximum Gasteiger partial charge on any atom is 0.336 e. The van der Waals surface area contributed by atoms with Crippen LogP contribution >= 0.6 is 0 Å². The van der Waals surface area contributed by atoms with Gasteiger partial charge in [0.15, 0.2) is 5.54 Å². The summed E-state index contributed by atoms with van der Waals surface area (Å²) in [7, 11) is 1.59. The topological polar surface area (TPSA) is 67.9 Å². The number of esters is 1. The van der Waals surface area contributed by atoms with E-state index in [1.54, 1.807) is 63.4 Å². The van der Waals surface area contributed by atoms with Crippen LogP contribution in [0.2, 0.25) is 0 Å². The predicted octanol–water partition coefficient (Wildman–Crippen LogP) is 3.36. The molecule has 1 amide bonds. The Morgan fingerprint density at radius 3 is 2.37 bits per heavy atom. The normalized spacial score (nSPS) is 18.9. The minimum atomic E-state index is -1.23. The summed E-state index contributed by atoms with van der Waals surface area (Å²) >= 11 is 0. The lowest BCUT2D eigenvalue weighted by atomic mass is 10.0. The summed E-state index contributed by atoms with van der Waals surface area (Å²) in [4.78, 5) is 27.2. The van der Waals surface area contributed by atoms with Gasteiger partial charge in [0.05, 0.1) is 13.7 Å². The lowest BCUT2D eigenvalue weighted by molar-refractivity contribution is -0.147. The average molecular weight is 366 g/mol. The molecule has 6 nitrogen and oxygen atoms in total. The SMILES string of the molecule is CCOC(=O)[C@@]1(C)C=C(Nc2ccc(OC)cc2)C(=O)N1c1ccccc1.